The summed E-state index contributed by atoms with van der Waals surface area (Å²) >= 11 is 0. The summed E-state index contributed by atoms with van der Waals surface area (Å²) in [5.41, 5.74) is 7.03. The minimum absolute atomic E-state index is 0.0431. The zero-order valence-electron chi connectivity index (χ0n) is 18.4. The Morgan fingerprint density at radius 2 is 1.53 bits per heavy atom. The summed E-state index contributed by atoms with van der Waals surface area (Å²) in [6.45, 7) is 4.90. The molecule has 32 heavy (non-hydrogen) atoms. The minimum atomic E-state index is -2.30. The van der Waals surface area contributed by atoms with Crippen LogP contribution in [0.25, 0.3) is 11.1 Å². The van der Waals surface area contributed by atoms with Crippen LogP contribution >= 0.6 is 0 Å². The lowest BCUT2D eigenvalue weighted by Crippen LogP contribution is -2.57. The molecule has 0 radical (unpaired) electrons. The van der Waals surface area contributed by atoms with Crippen molar-refractivity contribution < 1.29 is 29.0 Å². The lowest BCUT2D eigenvalue weighted by molar-refractivity contribution is -0.161. The van der Waals surface area contributed by atoms with Crippen LogP contribution in [0.15, 0.2) is 48.5 Å². The maximum Gasteiger partial charge on any atom is 0.407 e. The molecule has 2 aromatic carbocycles. The smallest absolute Gasteiger partial charge is 0.407 e. The van der Waals surface area contributed by atoms with E-state index in [-0.39, 0.29) is 25.5 Å². The van der Waals surface area contributed by atoms with E-state index < -0.39 is 29.2 Å². The first kappa shape index (κ1) is 23.3. The molecule has 2 aromatic rings. The Morgan fingerprint density at radius 1 is 1.00 bits per heavy atom. The van der Waals surface area contributed by atoms with E-state index in [0.29, 0.717) is 0 Å². The van der Waals surface area contributed by atoms with Gasteiger partial charge in [0.05, 0.1) is 0 Å². The number of amides is 1. The summed E-state index contributed by atoms with van der Waals surface area (Å²) < 4.78 is 10.5. The second kappa shape index (κ2) is 9.00. The molecule has 0 fully saturated rings. The number of fused-ring (bicyclic) bond motifs is 3. The molecule has 0 unspecified atom stereocenters. The van der Waals surface area contributed by atoms with Crippen molar-refractivity contribution in [2.75, 3.05) is 13.2 Å². The predicted molar refractivity (Wildman–Crippen MR) is 118 cm³/mol. The van der Waals surface area contributed by atoms with E-state index in [9.17, 15) is 19.5 Å². The van der Waals surface area contributed by atoms with Crippen LogP contribution in [-0.2, 0) is 19.1 Å². The summed E-state index contributed by atoms with van der Waals surface area (Å²) in [5.74, 6) is -2.80. The second-order valence-electron chi connectivity index (χ2n) is 8.78. The lowest BCUT2D eigenvalue weighted by atomic mass is 9.95. The molecule has 8 nitrogen and oxygen atoms in total. The molecule has 1 atom stereocenters. The van der Waals surface area contributed by atoms with E-state index in [2.05, 4.69) is 5.32 Å². The summed E-state index contributed by atoms with van der Waals surface area (Å²) in [4.78, 5) is 36.3. The number of nitrogens with one attached hydrogen (secondary N) is 1. The van der Waals surface area contributed by atoms with Gasteiger partial charge in [-0.15, -0.1) is 0 Å². The van der Waals surface area contributed by atoms with Crippen LogP contribution in [0.2, 0.25) is 0 Å². The third-order valence-corrected chi connectivity index (χ3v) is 5.28. The van der Waals surface area contributed by atoms with Gasteiger partial charge in [-0.1, -0.05) is 48.5 Å². The average molecular weight is 440 g/mol. The molecule has 170 valence electrons. The van der Waals surface area contributed by atoms with E-state index in [1.54, 1.807) is 20.8 Å². The van der Waals surface area contributed by atoms with Gasteiger partial charge in [-0.3, -0.25) is 0 Å². The van der Waals surface area contributed by atoms with Gasteiger partial charge < -0.3 is 25.6 Å². The Morgan fingerprint density at radius 3 is 2.03 bits per heavy atom. The zero-order chi connectivity index (χ0) is 23.5. The molecular formula is C24H28N2O6. The van der Waals surface area contributed by atoms with Crippen molar-refractivity contribution in [2.45, 2.75) is 44.2 Å². The van der Waals surface area contributed by atoms with Crippen molar-refractivity contribution in [3.05, 3.63) is 59.7 Å². The molecule has 1 aliphatic rings. The Hall–Kier alpha value is -3.39. The third-order valence-electron chi connectivity index (χ3n) is 5.28. The molecule has 0 aliphatic heterocycles. The molecule has 0 spiro atoms. The van der Waals surface area contributed by atoms with Gasteiger partial charge in [0.15, 0.2) is 0 Å². The number of aliphatic carboxylic acids is 1. The number of benzene rings is 2. The second-order valence-corrected chi connectivity index (χ2v) is 8.78. The average Bonchev–Trinajstić information content (AvgIpc) is 3.04. The van der Waals surface area contributed by atoms with Crippen molar-refractivity contribution in [1.82, 2.24) is 5.32 Å². The highest BCUT2D eigenvalue weighted by atomic mass is 16.6. The minimum Gasteiger partial charge on any atom is -0.479 e. The molecule has 1 aliphatic carbocycles. The van der Waals surface area contributed by atoms with Gasteiger partial charge in [0.1, 0.15) is 12.2 Å². The van der Waals surface area contributed by atoms with Crippen molar-refractivity contribution in [2.24, 2.45) is 5.73 Å². The molecule has 0 heterocycles. The predicted octanol–water partition coefficient (Wildman–Crippen LogP) is 3.04. The number of carbonyl (C=O) groups excluding carboxylic acids is 2. The summed E-state index contributed by atoms with van der Waals surface area (Å²) in [6, 6.07) is 15.6. The van der Waals surface area contributed by atoms with E-state index in [1.807, 2.05) is 48.5 Å². The van der Waals surface area contributed by atoms with Crippen molar-refractivity contribution in [3.63, 3.8) is 0 Å². The fourth-order valence-corrected chi connectivity index (χ4v) is 3.70. The summed E-state index contributed by atoms with van der Waals surface area (Å²) in [7, 11) is 0. The fourth-order valence-electron chi connectivity index (χ4n) is 3.70. The van der Waals surface area contributed by atoms with Gasteiger partial charge in [0.25, 0.3) is 0 Å². The number of carboxylic acid groups (broad SMARTS) is 1. The highest BCUT2D eigenvalue weighted by Crippen LogP contribution is 2.44. The highest BCUT2D eigenvalue weighted by molar-refractivity contribution is 6.03. The topological polar surface area (TPSA) is 128 Å². The third kappa shape index (κ3) is 4.91. The molecule has 0 saturated heterocycles. The number of esters is 1. The molecule has 1 amide bonds. The van der Waals surface area contributed by atoms with Crippen LogP contribution in [0.5, 0.6) is 0 Å². The van der Waals surface area contributed by atoms with Crippen molar-refractivity contribution in [1.29, 1.82) is 0 Å². The van der Waals surface area contributed by atoms with E-state index in [4.69, 9.17) is 15.2 Å². The maximum atomic E-state index is 12.7. The molecule has 8 heteroatoms. The molecule has 0 saturated carbocycles. The lowest BCUT2D eigenvalue weighted by Gasteiger charge is -2.25. The first-order chi connectivity index (χ1) is 15.0. The van der Waals surface area contributed by atoms with Gasteiger partial charge in [0.2, 0.25) is 5.54 Å². The van der Waals surface area contributed by atoms with Crippen molar-refractivity contribution >= 4 is 18.0 Å². The summed E-state index contributed by atoms with van der Waals surface area (Å²) in [5, 5.41) is 12.0. The number of rotatable bonds is 7. The molecule has 4 N–H and O–H groups in total. The van der Waals surface area contributed by atoms with E-state index >= 15 is 0 Å². The number of nitrogens with two attached hydrogens (primary N) is 1. The normalized spacial score (nSPS) is 14.6. The Kier molecular flexibility index (Phi) is 6.55. The fraction of sp³-hybridized carbons (Fsp3) is 0.375. The maximum absolute atomic E-state index is 12.7. The number of hydrogen-bond acceptors (Lipinski definition) is 6. The van der Waals surface area contributed by atoms with Crippen LogP contribution in [-0.4, -0.2) is 47.4 Å². The van der Waals surface area contributed by atoms with Gasteiger partial charge in [0, 0.05) is 18.9 Å². The van der Waals surface area contributed by atoms with Gasteiger partial charge in [-0.25, -0.2) is 14.4 Å². The quantitative estimate of drug-likeness (QED) is 0.446. The summed E-state index contributed by atoms with van der Waals surface area (Å²) in [6.07, 6.45) is -1.07. The number of carboxylic acids is 1. The van der Waals surface area contributed by atoms with Crippen molar-refractivity contribution in [3.8, 4) is 11.1 Å². The number of alkyl carbamates (subject to hydrolysis) is 1. The largest absolute Gasteiger partial charge is 0.479 e. The number of ether oxygens (including phenoxy) is 2. The van der Waals surface area contributed by atoms with Crippen LogP contribution in [0.1, 0.15) is 44.2 Å². The van der Waals surface area contributed by atoms with Crippen LogP contribution in [0.3, 0.4) is 0 Å². The molecule has 0 bridgehead atoms. The van der Waals surface area contributed by atoms with Crippen LogP contribution < -0.4 is 11.1 Å². The molecule has 0 aromatic heterocycles. The SMILES string of the molecule is CC(C)(C)OC(=O)NCC[C@](N)(C(=O)O)C(=O)OCC1c2ccccc2-c2ccccc21. The monoisotopic (exact) mass is 440 g/mol. The Labute approximate surface area is 186 Å². The standard InChI is InChI=1S/C24H28N2O6/c1-23(2,3)32-22(30)26-13-12-24(25,20(27)28)21(29)31-14-19-17-10-6-4-8-15(17)16-9-5-7-11-18(16)19/h4-11,19H,12-14,25H2,1-3H3,(H,26,30)(H,27,28)/t24-/m0/s1. The molecule has 3 rings (SSSR count). The van der Waals surface area contributed by atoms with Crippen LogP contribution in [0, 0.1) is 0 Å². The van der Waals surface area contributed by atoms with Gasteiger partial charge in [-0.2, -0.15) is 0 Å². The van der Waals surface area contributed by atoms with E-state index in [1.165, 1.54) is 0 Å². The van der Waals surface area contributed by atoms with Gasteiger partial charge in [-0.05, 0) is 43.0 Å². The zero-order valence-corrected chi connectivity index (χ0v) is 18.4. The first-order valence-electron chi connectivity index (χ1n) is 10.4. The van der Waals surface area contributed by atoms with Crippen LogP contribution in [0.4, 0.5) is 4.79 Å². The number of hydrogen-bond donors (Lipinski definition) is 3. The molecular weight excluding hydrogens is 412 g/mol. The Balaban J connectivity index is 1.67. The Bertz CT molecular complexity index is 984. The first-order valence-corrected chi connectivity index (χ1v) is 10.4. The van der Waals surface area contributed by atoms with Gasteiger partial charge >= 0.3 is 18.0 Å². The van der Waals surface area contributed by atoms with E-state index in [0.717, 1.165) is 22.3 Å². The number of carbonyl (C=O) groups is 3. The highest BCUT2D eigenvalue weighted by Gasteiger charge is 2.44.